The summed E-state index contributed by atoms with van der Waals surface area (Å²) in [6.45, 7) is -3.85. The molecule has 1 rings (SSSR count). The Balaban J connectivity index is 0.00000108. The van der Waals surface area contributed by atoms with E-state index in [1.54, 1.807) is 5.32 Å². The third-order valence-corrected chi connectivity index (χ3v) is 2.70. The van der Waals surface area contributed by atoms with E-state index in [1.807, 2.05) is 5.32 Å². The average Bonchev–Trinajstić information content (AvgIpc) is 2.70. The van der Waals surface area contributed by atoms with Gasteiger partial charge in [0, 0.05) is 0 Å². The van der Waals surface area contributed by atoms with Crippen molar-refractivity contribution in [2.24, 2.45) is 11.5 Å². The maximum absolute atomic E-state index is 11.8. The molecule has 23 heavy (non-hydrogen) atoms. The summed E-state index contributed by atoms with van der Waals surface area (Å²) in [7, 11) is 0. The first-order valence-corrected chi connectivity index (χ1v) is 5.89. The molecule has 0 bridgehead atoms. The van der Waals surface area contributed by atoms with Crippen molar-refractivity contribution in [2.75, 3.05) is 26.8 Å². The van der Waals surface area contributed by atoms with E-state index in [9.17, 15) is 19.5 Å². The van der Waals surface area contributed by atoms with Crippen LogP contribution in [-0.2, 0) is 4.79 Å². The molecule has 14 nitrogen and oxygen atoms in total. The quantitative estimate of drug-likeness (QED) is 0.178. The molecule has 10 N–H and O–H groups in total. The largest absolute Gasteiger partial charge is 0.391 e. The number of rotatable bonds is 5. The van der Waals surface area contributed by atoms with Gasteiger partial charge in [0.25, 0.3) is 5.91 Å². The molecule has 0 radical (unpaired) electrons. The summed E-state index contributed by atoms with van der Waals surface area (Å²) in [6, 6.07) is -2.97. The Kier molecular flexibility index (Phi) is 7.68. The molecular weight excluding hydrogens is 320 g/mol. The van der Waals surface area contributed by atoms with Crippen molar-refractivity contribution in [3.05, 3.63) is 0 Å². The van der Waals surface area contributed by atoms with Crippen LogP contribution in [0.5, 0.6) is 0 Å². The van der Waals surface area contributed by atoms with Gasteiger partial charge in [0.2, 0.25) is 5.66 Å². The van der Waals surface area contributed by atoms with Gasteiger partial charge in [-0.3, -0.25) is 19.9 Å². The summed E-state index contributed by atoms with van der Waals surface area (Å²) in [5.74, 6) is -1.09. The topological polar surface area (TPSA) is 232 Å². The number of carbonyl (C=O) groups excluding carboxylic acids is 4. The molecule has 1 aliphatic heterocycles. The number of amides is 7. The van der Waals surface area contributed by atoms with Gasteiger partial charge in [-0.1, -0.05) is 0 Å². The summed E-state index contributed by atoms with van der Waals surface area (Å²) in [6.07, 6.45) is 0. The van der Waals surface area contributed by atoms with Crippen LogP contribution < -0.4 is 22.1 Å². The Hall–Kier alpha value is -2.68. The van der Waals surface area contributed by atoms with E-state index in [0.717, 1.165) is 0 Å². The predicted molar refractivity (Wildman–Crippen MR) is 70.6 cm³/mol. The van der Waals surface area contributed by atoms with Crippen LogP contribution in [0.1, 0.15) is 0 Å². The number of hydrogen-bond donors (Lipinski definition) is 8. The zero-order valence-electron chi connectivity index (χ0n) is 11.8. The highest BCUT2D eigenvalue weighted by molar-refractivity contribution is 6.08. The summed E-state index contributed by atoms with van der Waals surface area (Å²) in [4.78, 5) is 44.7. The smallest absolute Gasteiger partial charge is 0.328 e. The minimum absolute atomic E-state index is 0.402. The molecule has 0 spiro atoms. The van der Waals surface area contributed by atoms with E-state index in [0.29, 0.717) is 9.80 Å². The summed E-state index contributed by atoms with van der Waals surface area (Å²) >= 11 is 0. The fourth-order valence-electron chi connectivity index (χ4n) is 1.76. The lowest BCUT2D eigenvalue weighted by Gasteiger charge is -2.40. The fraction of sp³-hybridized carbons (Fsp3) is 0.556. The van der Waals surface area contributed by atoms with Crippen LogP contribution in [-0.4, -0.2) is 86.7 Å². The molecule has 0 aromatic heterocycles. The van der Waals surface area contributed by atoms with Gasteiger partial charge < -0.3 is 37.2 Å². The molecule has 132 valence electrons. The Morgan fingerprint density at radius 3 is 2.09 bits per heavy atom. The van der Waals surface area contributed by atoms with Gasteiger partial charge in [0.1, 0.15) is 20.2 Å². The lowest BCUT2D eigenvalue weighted by atomic mass is 10.1. The predicted octanol–water partition coefficient (Wildman–Crippen LogP) is -4.89. The maximum Gasteiger partial charge on any atom is 0.328 e. The first-order chi connectivity index (χ1) is 10.7. The number of imide groups is 1. The van der Waals surface area contributed by atoms with Crippen molar-refractivity contribution in [1.82, 2.24) is 20.4 Å². The maximum atomic E-state index is 11.8. The minimum atomic E-state index is -2.28. The molecule has 1 heterocycles. The second kappa shape index (κ2) is 8.69. The molecule has 1 aliphatic rings. The average molecular weight is 338 g/mol. The molecule has 1 unspecified atom stereocenters. The highest BCUT2D eigenvalue weighted by Crippen LogP contribution is 2.25. The number of carbonyl (C=O) groups is 4. The SMILES string of the molecule is NC(N)=O.O=C(NCO)N(CO)C1(CO)C(=O)NC(=O)N1CO. The Morgan fingerprint density at radius 1 is 1.22 bits per heavy atom. The van der Waals surface area contributed by atoms with Crippen LogP contribution in [0.4, 0.5) is 14.4 Å². The number of hydrogen-bond acceptors (Lipinski definition) is 8. The van der Waals surface area contributed by atoms with E-state index in [-0.39, 0.29) is 0 Å². The number of nitrogens with two attached hydrogens (primary N) is 2. The van der Waals surface area contributed by atoms with Crippen molar-refractivity contribution < 1.29 is 39.6 Å². The van der Waals surface area contributed by atoms with E-state index in [4.69, 9.17) is 20.1 Å². The third kappa shape index (κ3) is 4.16. The van der Waals surface area contributed by atoms with Gasteiger partial charge in [0.05, 0.1) is 6.61 Å². The molecule has 7 amide bonds. The highest BCUT2D eigenvalue weighted by atomic mass is 16.3. The van der Waals surface area contributed by atoms with Gasteiger partial charge in [-0.15, -0.1) is 0 Å². The Labute approximate surface area is 129 Å². The molecule has 1 saturated heterocycles. The molecule has 1 fully saturated rings. The van der Waals surface area contributed by atoms with Gasteiger partial charge in [-0.25, -0.2) is 14.4 Å². The van der Waals surface area contributed by atoms with Crippen molar-refractivity contribution in [3.8, 4) is 0 Å². The number of nitrogens with zero attached hydrogens (tertiary/aromatic N) is 2. The molecule has 0 aromatic carbocycles. The van der Waals surface area contributed by atoms with Crippen LogP contribution in [0.15, 0.2) is 0 Å². The van der Waals surface area contributed by atoms with Gasteiger partial charge in [0.15, 0.2) is 0 Å². The minimum Gasteiger partial charge on any atom is -0.391 e. The fourth-order valence-corrected chi connectivity index (χ4v) is 1.76. The number of urea groups is 3. The summed E-state index contributed by atoms with van der Waals surface area (Å²) < 4.78 is 0. The normalized spacial score (nSPS) is 19.6. The van der Waals surface area contributed by atoms with Crippen molar-refractivity contribution in [3.63, 3.8) is 0 Å². The summed E-state index contributed by atoms with van der Waals surface area (Å²) in [5.41, 5.74) is 6.22. The number of aliphatic hydroxyl groups excluding tert-OH is 4. The standard InChI is InChI=1S/C8H14N4O7.CH4N2O/c13-1-8(11(3-15)6(18)9-2-14)5(17)10-7(19)12(8)4-16;2-1(3)4/h13-16H,1-4H2,(H,9,18)(H,10,17,19);(H4,2,3,4). The molecule has 14 heteroatoms. The van der Waals surface area contributed by atoms with Gasteiger partial charge in [-0.05, 0) is 0 Å². The van der Waals surface area contributed by atoms with Crippen LogP contribution in [0, 0.1) is 0 Å². The molecule has 1 atom stereocenters. The molecule has 0 aromatic rings. The van der Waals surface area contributed by atoms with Crippen LogP contribution in [0.25, 0.3) is 0 Å². The zero-order valence-corrected chi connectivity index (χ0v) is 11.8. The third-order valence-electron chi connectivity index (χ3n) is 2.70. The first kappa shape index (κ1) is 20.3. The van der Waals surface area contributed by atoms with E-state index < -0.39 is 56.5 Å². The highest BCUT2D eigenvalue weighted by Gasteiger charge is 2.58. The van der Waals surface area contributed by atoms with E-state index >= 15 is 0 Å². The Morgan fingerprint density at radius 2 is 1.74 bits per heavy atom. The monoisotopic (exact) mass is 338 g/mol. The van der Waals surface area contributed by atoms with Crippen LogP contribution in [0.2, 0.25) is 0 Å². The Bertz CT molecular complexity index is 469. The lowest BCUT2D eigenvalue weighted by Crippen LogP contribution is -2.68. The van der Waals surface area contributed by atoms with Crippen LogP contribution >= 0.6 is 0 Å². The number of nitrogens with one attached hydrogen (secondary N) is 2. The molecule has 0 saturated carbocycles. The van der Waals surface area contributed by atoms with Crippen molar-refractivity contribution in [1.29, 1.82) is 0 Å². The molecule has 0 aliphatic carbocycles. The van der Waals surface area contributed by atoms with Crippen molar-refractivity contribution in [2.45, 2.75) is 5.66 Å². The van der Waals surface area contributed by atoms with Gasteiger partial charge in [-0.2, -0.15) is 0 Å². The van der Waals surface area contributed by atoms with Crippen LogP contribution in [0.3, 0.4) is 0 Å². The number of primary amides is 2. The first-order valence-electron chi connectivity index (χ1n) is 5.89. The van der Waals surface area contributed by atoms with Crippen molar-refractivity contribution >= 4 is 24.0 Å². The second-order valence-electron chi connectivity index (χ2n) is 3.92. The second-order valence-corrected chi connectivity index (χ2v) is 3.92. The zero-order chi connectivity index (χ0) is 18.2. The molecular formula is C9H18N6O8. The van der Waals surface area contributed by atoms with Gasteiger partial charge >= 0.3 is 18.1 Å². The summed E-state index contributed by atoms with van der Waals surface area (Å²) in [5, 5.41) is 39.9. The lowest BCUT2D eigenvalue weighted by molar-refractivity contribution is -0.147. The van der Waals surface area contributed by atoms with E-state index in [2.05, 4.69) is 11.5 Å². The van der Waals surface area contributed by atoms with E-state index in [1.165, 1.54) is 0 Å². The number of aliphatic hydroxyl groups is 4.